The van der Waals surface area contributed by atoms with Crippen molar-refractivity contribution in [2.24, 2.45) is 14.1 Å². The van der Waals surface area contributed by atoms with Crippen molar-refractivity contribution in [2.45, 2.75) is 19.1 Å². The molecule has 0 unspecified atom stereocenters. The molecule has 30 heavy (non-hydrogen) atoms. The number of hydrogen-bond acceptors (Lipinski definition) is 5. The van der Waals surface area contributed by atoms with E-state index >= 15 is 0 Å². The summed E-state index contributed by atoms with van der Waals surface area (Å²) < 4.78 is 41.4. The van der Waals surface area contributed by atoms with E-state index in [-0.39, 0.29) is 6.10 Å². The first-order valence-electron chi connectivity index (χ1n) is 9.90. The first-order valence-corrected chi connectivity index (χ1v) is 9.90. The van der Waals surface area contributed by atoms with Crippen LogP contribution in [0.1, 0.15) is 23.1 Å². The van der Waals surface area contributed by atoms with Gasteiger partial charge in [-0.2, -0.15) is 10.2 Å². The predicted molar refractivity (Wildman–Crippen MR) is 106 cm³/mol. The van der Waals surface area contributed by atoms with E-state index in [4.69, 9.17) is 9.47 Å². The minimum Gasteiger partial charge on any atom is -0.493 e. The Morgan fingerprint density at radius 1 is 1.20 bits per heavy atom. The maximum absolute atomic E-state index is 13.3. The van der Waals surface area contributed by atoms with Crippen LogP contribution in [0, 0.1) is 11.6 Å². The summed E-state index contributed by atoms with van der Waals surface area (Å²) in [6.07, 6.45) is 4.41. The van der Waals surface area contributed by atoms with Gasteiger partial charge >= 0.3 is 0 Å². The number of nitrogens with zero attached hydrogens (tertiary/aromatic N) is 5. The molecule has 0 saturated carbocycles. The molecule has 3 aromatic rings. The van der Waals surface area contributed by atoms with Gasteiger partial charge in [0.05, 0.1) is 25.1 Å². The molecule has 0 radical (unpaired) electrons. The first kappa shape index (κ1) is 20.5. The predicted octanol–water partition coefficient (Wildman–Crippen LogP) is 2.63. The highest BCUT2D eigenvalue weighted by Gasteiger charge is 2.25. The SMILES string of the molecule is Cn1cc(CN2CCO[C@H](c3cc(CCOc4ccc(F)c(F)c4)n(C)n3)C2)cn1. The number of morpholine rings is 1. The minimum atomic E-state index is -0.916. The third-order valence-corrected chi connectivity index (χ3v) is 5.16. The highest BCUT2D eigenvalue weighted by molar-refractivity contribution is 5.23. The summed E-state index contributed by atoms with van der Waals surface area (Å²) >= 11 is 0. The molecule has 1 fully saturated rings. The second-order valence-corrected chi connectivity index (χ2v) is 7.48. The van der Waals surface area contributed by atoms with Gasteiger partial charge in [-0.25, -0.2) is 8.78 Å². The van der Waals surface area contributed by atoms with Crippen molar-refractivity contribution >= 4 is 0 Å². The molecule has 9 heteroatoms. The molecular formula is C21H25F2N5O2. The molecule has 3 heterocycles. The standard InChI is InChI=1S/C21H25F2N5O2/c1-26-12-15(11-24-26)13-28-6-8-30-21(14-28)20-9-16(27(2)25-20)5-7-29-17-3-4-18(22)19(23)10-17/h3-4,9-12,21H,5-8,13-14H2,1-2H3/t21-/m0/s1. The van der Waals surface area contributed by atoms with E-state index in [9.17, 15) is 8.78 Å². The molecule has 1 atom stereocenters. The summed E-state index contributed by atoms with van der Waals surface area (Å²) in [5.74, 6) is -1.50. The Kier molecular flexibility index (Phi) is 6.10. The number of aromatic nitrogens is 4. The fraction of sp³-hybridized carbons (Fsp3) is 0.429. The molecule has 1 saturated heterocycles. The fourth-order valence-electron chi connectivity index (χ4n) is 3.60. The van der Waals surface area contributed by atoms with Gasteiger partial charge in [-0.05, 0) is 18.2 Å². The summed E-state index contributed by atoms with van der Waals surface area (Å²) in [5.41, 5.74) is 3.05. The monoisotopic (exact) mass is 417 g/mol. The minimum absolute atomic E-state index is 0.0949. The largest absolute Gasteiger partial charge is 0.493 e. The maximum atomic E-state index is 13.3. The molecule has 1 aliphatic heterocycles. The van der Waals surface area contributed by atoms with Gasteiger partial charge in [0.1, 0.15) is 11.9 Å². The van der Waals surface area contributed by atoms with E-state index < -0.39 is 11.6 Å². The number of halogens is 2. The topological polar surface area (TPSA) is 57.3 Å². The third kappa shape index (κ3) is 4.85. The molecule has 0 N–H and O–H groups in total. The molecule has 1 aliphatic rings. The van der Waals surface area contributed by atoms with E-state index in [1.165, 1.54) is 11.6 Å². The third-order valence-electron chi connectivity index (χ3n) is 5.16. The average molecular weight is 417 g/mol. The number of rotatable bonds is 7. The van der Waals surface area contributed by atoms with E-state index in [1.807, 2.05) is 37.2 Å². The van der Waals surface area contributed by atoms with Crippen LogP contribution in [0.15, 0.2) is 36.7 Å². The Bertz CT molecular complexity index is 1000. The van der Waals surface area contributed by atoms with E-state index in [1.54, 1.807) is 4.68 Å². The zero-order valence-electron chi connectivity index (χ0n) is 17.1. The zero-order valence-corrected chi connectivity index (χ0v) is 17.1. The summed E-state index contributed by atoms with van der Waals surface area (Å²) in [5, 5.41) is 8.84. The van der Waals surface area contributed by atoms with Gasteiger partial charge in [0.2, 0.25) is 0 Å². The van der Waals surface area contributed by atoms with Crippen LogP contribution >= 0.6 is 0 Å². The lowest BCUT2D eigenvalue weighted by Crippen LogP contribution is -2.37. The van der Waals surface area contributed by atoms with E-state index in [0.717, 1.165) is 43.2 Å². The van der Waals surface area contributed by atoms with Gasteiger partial charge in [-0.1, -0.05) is 0 Å². The average Bonchev–Trinajstić information content (AvgIpc) is 3.30. The van der Waals surface area contributed by atoms with Crippen LogP contribution < -0.4 is 4.74 Å². The van der Waals surface area contributed by atoms with Crippen molar-refractivity contribution in [3.63, 3.8) is 0 Å². The molecule has 0 spiro atoms. The fourth-order valence-corrected chi connectivity index (χ4v) is 3.60. The highest BCUT2D eigenvalue weighted by atomic mass is 19.2. The number of hydrogen-bond donors (Lipinski definition) is 0. The molecule has 4 rings (SSSR count). The van der Waals surface area contributed by atoms with Crippen molar-refractivity contribution < 1.29 is 18.3 Å². The van der Waals surface area contributed by atoms with Gasteiger partial charge in [0.15, 0.2) is 11.6 Å². The van der Waals surface area contributed by atoms with Crippen molar-refractivity contribution in [1.29, 1.82) is 0 Å². The summed E-state index contributed by atoms with van der Waals surface area (Å²) in [6.45, 7) is 3.44. The van der Waals surface area contributed by atoms with Crippen molar-refractivity contribution in [3.05, 3.63) is 65.2 Å². The van der Waals surface area contributed by atoms with Crippen LogP contribution in [0.3, 0.4) is 0 Å². The second kappa shape index (κ2) is 8.93. The van der Waals surface area contributed by atoms with Crippen molar-refractivity contribution in [3.8, 4) is 5.75 Å². The number of benzene rings is 1. The molecule has 0 amide bonds. The molecule has 7 nitrogen and oxygen atoms in total. The maximum Gasteiger partial charge on any atom is 0.162 e. The lowest BCUT2D eigenvalue weighted by atomic mass is 10.1. The van der Waals surface area contributed by atoms with E-state index in [0.29, 0.717) is 25.4 Å². The van der Waals surface area contributed by atoms with Crippen LogP contribution in [-0.4, -0.2) is 50.8 Å². The van der Waals surface area contributed by atoms with Crippen LogP contribution in [0.5, 0.6) is 5.75 Å². The molecular weight excluding hydrogens is 392 g/mol. The van der Waals surface area contributed by atoms with Crippen LogP contribution in [-0.2, 0) is 31.8 Å². The van der Waals surface area contributed by atoms with Gasteiger partial charge in [-0.15, -0.1) is 0 Å². The quantitative estimate of drug-likeness (QED) is 0.592. The van der Waals surface area contributed by atoms with E-state index in [2.05, 4.69) is 15.1 Å². The lowest BCUT2D eigenvalue weighted by Gasteiger charge is -2.31. The Labute approximate surface area is 173 Å². The summed E-state index contributed by atoms with van der Waals surface area (Å²) in [7, 11) is 3.80. The summed E-state index contributed by atoms with van der Waals surface area (Å²) in [4.78, 5) is 2.34. The van der Waals surface area contributed by atoms with Gasteiger partial charge in [0, 0.05) is 63.7 Å². The Morgan fingerprint density at radius 2 is 2.07 bits per heavy atom. The van der Waals surface area contributed by atoms with Gasteiger partial charge in [0.25, 0.3) is 0 Å². The Morgan fingerprint density at radius 3 is 2.83 bits per heavy atom. The Hall–Kier alpha value is -2.78. The van der Waals surface area contributed by atoms with Crippen molar-refractivity contribution in [1.82, 2.24) is 24.5 Å². The normalized spacial score (nSPS) is 17.4. The van der Waals surface area contributed by atoms with Gasteiger partial charge < -0.3 is 9.47 Å². The van der Waals surface area contributed by atoms with Gasteiger partial charge in [-0.3, -0.25) is 14.3 Å². The highest BCUT2D eigenvalue weighted by Crippen LogP contribution is 2.23. The molecule has 1 aromatic carbocycles. The molecule has 2 aromatic heterocycles. The first-order chi connectivity index (χ1) is 14.5. The van der Waals surface area contributed by atoms with Crippen LogP contribution in [0.2, 0.25) is 0 Å². The number of aryl methyl sites for hydroxylation is 2. The smallest absolute Gasteiger partial charge is 0.162 e. The summed E-state index contributed by atoms with van der Waals surface area (Å²) in [6, 6.07) is 5.55. The molecule has 160 valence electrons. The van der Waals surface area contributed by atoms with Crippen LogP contribution in [0.4, 0.5) is 8.78 Å². The molecule has 0 bridgehead atoms. The number of ether oxygens (including phenoxy) is 2. The second-order valence-electron chi connectivity index (χ2n) is 7.48. The lowest BCUT2D eigenvalue weighted by molar-refractivity contribution is -0.0352. The Balaban J connectivity index is 1.33. The van der Waals surface area contributed by atoms with Crippen molar-refractivity contribution in [2.75, 3.05) is 26.3 Å². The molecule has 0 aliphatic carbocycles. The van der Waals surface area contributed by atoms with Crippen LogP contribution in [0.25, 0.3) is 0 Å². The zero-order chi connectivity index (χ0) is 21.1.